The van der Waals surface area contributed by atoms with Crippen LogP contribution in [0.1, 0.15) is 32.1 Å². The molecule has 2 aliphatic heterocycles. The topological polar surface area (TPSA) is 56.6 Å². The van der Waals surface area contributed by atoms with Gasteiger partial charge in [-0.1, -0.05) is 0 Å². The number of aryl methyl sites for hydroxylation is 1. The first kappa shape index (κ1) is 14.5. The lowest BCUT2D eigenvalue weighted by molar-refractivity contribution is -0.182. The van der Waals surface area contributed by atoms with Crippen molar-refractivity contribution in [2.75, 3.05) is 31.2 Å². The first-order valence-electron chi connectivity index (χ1n) is 7.88. The van der Waals surface area contributed by atoms with Gasteiger partial charge in [-0.3, -0.25) is 4.79 Å². The van der Waals surface area contributed by atoms with Gasteiger partial charge in [0, 0.05) is 32.1 Å². The van der Waals surface area contributed by atoms with Crippen LogP contribution in [0.25, 0.3) is 0 Å². The third kappa shape index (κ3) is 3.83. The van der Waals surface area contributed by atoms with Gasteiger partial charge in [-0.2, -0.15) is 5.10 Å². The van der Waals surface area contributed by atoms with Gasteiger partial charge in [0.15, 0.2) is 6.29 Å². The van der Waals surface area contributed by atoms with Crippen molar-refractivity contribution in [3.63, 3.8) is 0 Å². The number of ether oxygens (including phenoxy) is 2. The van der Waals surface area contributed by atoms with Crippen molar-refractivity contribution in [1.29, 1.82) is 0 Å². The zero-order valence-electron chi connectivity index (χ0n) is 12.4. The Labute approximate surface area is 124 Å². The number of anilines is 1. The van der Waals surface area contributed by atoms with E-state index in [4.69, 9.17) is 9.47 Å². The number of aromatic nitrogens is 2. The van der Waals surface area contributed by atoms with Crippen LogP contribution in [-0.2, 0) is 16.0 Å². The van der Waals surface area contributed by atoms with Crippen LogP contribution in [0.3, 0.4) is 0 Å². The van der Waals surface area contributed by atoms with Gasteiger partial charge in [0.2, 0.25) is 0 Å². The molecule has 0 amide bonds. The second-order valence-corrected chi connectivity index (χ2v) is 5.64. The average Bonchev–Trinajstić information content (AvgIpc) is 2.55. The smallest absolute Gasteiger partial charge is 0.268 e. The fourth-order valence-corrected chi connectivity index (χ4v) is 2.85. The molecule has 116 valence electrons. The van der Waals surface area contributed by atoms with Crippen LogP contribution in [0.15, 0.2) is 17.1 Å². The van der Waals surface area contributed by atoms with E-state index in [-0.39, 0.29) is 11.8 Å². The van der Waals surface area contributed by atoms with E-state index < -0.39 is 0 Å². The molecular weight excluding hydrogens is 270 g/mol. The number of rotatable bonds is 4. The average molecular weight is 293 g/mol. The van der Waals surface area contributed by atoms with Crippen LogP contribution in [0.4, 0.5) is 5.69 Å². The Bertz CT molecular complexity index is 505. The third-order valence-electron chi connectivity index (χ3n) is 4.05. The van der Waals surface area contributed by atoms with Crippen LogP contribution < -0.4 is 10.5 Å². The van der Waals surface area contributed by atoms with E-state index in [9.17, 15) is 4.79 Å². The van der Waals surface area contributed by atoms with Crippen molar-refractivity contribution in [2.24, 2.45) is 0 Å². The molecule has 2 fully saturated rings. The van der Waals surface area contributed by atoms with Gasteiger partial charge in [-0.25, -0.2) is 4.68 Å². The highest BCUT2D eigenvalue weighted by molar-refractivity contribution is 5.43. The Hall–Kier alpha value is -1.40. The Balaban J connectivity index is 1.59. The summed E-state index contributed by atoms with van der Waals surface area (Å²) in [6.45, 7) is 4.05. The van der Waals surface area contributed by atoms with E-state index in [1.807, 2.05) is 0 Å². The predicted octanol–water partition coefficient (Wildman–Crippen LogP) is 1.39. The molecule has 0 unspecified atom stereocenters. The summed E-state index contributed by atoms with van der Waals surface area (Å²) in [5, 5.41) is 4.29. The number of hydrogen-bond donors (Lipinski definition) is 0. The van der Waals surface area contributed by atoms with Gasteiger partial charge in [-0.05, 0) is 25.7 Å². The summed E-state index contributed by atoms with van der Waals surface area (Å²) >= 11 is 0. The van der Waals surface area contributed by atoms with E-state index in [1.165, 1.54) is 23.9 Å². The van der Waals surface area contributed by atoms with Crippen LogP contribution in [0.5, 0.6) is 0 Å². The molecule has 3 rings (SSSR count). The molecule has 1 aromatic rings. The van der Waals surface area contributed by atoms with Gasteiger partial charge in [0.05, 0.1) is 25.1 Å². The summed E-state index contributed by atoms with van der Waals surface area (Å²) in [6.07, 6.45) is 6.88. The fourth-order valence-electron chi connectivity index (χ4n) is 2.85. The molecule has 0 atom stereocenters. The van der Waals surface area contributed by atoms with Crippen LogP contribution in [0.2, 0.25) is 0 Å². The molecule has 0 N–H and O–H groups in total. The maximum absolute atomic E-state index is 12.1. The molecule has 0 radical (unpaired) electrons. The molecule has 0 saturated carbocycles. The van der Waals surface area contributed by atoms with Gasteiger partial charge in [-0.15, -0.1) is 0 Å². The Morgan fingerprint density at radius 2 is 1.90 bits per heavy atom. The van der Waals surface area contributed by atoms with Gasteiger partial charge in [0.1, 0.15) is 0 Å². The number of nitrogens with zero attached hydrogens (tertiary/aromatic N) is 3. The quantitative estimate of drug-likeness (QED) is 0.839. The SMILES string of the molecule is O=c1cc(N2CCCCC2)cnn1CCC1OCCCO1. The second-order valence-electron chi connectivity index (χ2n) is 5.64. The summed E-state index contributed by atoms with van der Waals surface area (Å²) in [4.78, 5) is 14.4. The van der Waals surface area contributed by atoms with Crippen LogP contribution >= 0.6 is 0 Å². The molecule has 6 nitrogen and oxygen atoms in total. The molecule has 0 bridgehead atoms. The molecule has 1 aromatic heterocycles. The van der Waals surface area contributed by atoms with Gasteiger partial charge >= 0.3 is 0 Å². The first-order chi connectivity index (χ1) is 10.3. The highest BCUT2D eigenvalue weighted by Crippen LogP contribution is 2.17. The molecule has 2 saturated heterocycles. The summed E-state index contributed by atoms with van der Waals surface area (Å²) in [5.74, 6) is 0. The Morgan fingerprint density at radius 3 is 2.62 bits per heavy atom. The molecule has 0 spiro atoms. The second kappa shape index (κ2) is 7.04. The molecule has 2 aliphatic rings. The molecule has 0 aliphatic carbocycles. The first-order valence-corrected chi connectivity index (χ1v) is 7.88. The van der Waals surface area contributed by atoms with Crippen molar-refractivity contribution in [2.45, 2.75) is 44.9 Å². The number of piperidine rings is 1. The van der Waals surface area contributed by atoms with Crippen LogP contribution in [0, 0.1) is 0 Å². The molecular formula is C15H23N3O3. The molecule has 21 heavy (non-hydrogen) atoms. The standard InChI is InChI=1S/C15H23N3O3/c19-14-11-13(17-6-2-1-3-7-17)12-16-18(14)8-5-15-20-9-4-10-21-15/h11-12,15H,1-10H2. The monoisotopic (exact) mass is 293 g/mol. The van der Waals surface area contributed by atoms with Gasteiger partial charge < -0.3 is 14.4 Å². The predicted molar refractivity (Wildman–Crippen MR) is 79.5 cm³/mol. The summed E-state index contributed by atoms with van der Waals surface area (Å²) in [6, 6.07) is 1.70. The van der Waals surface area contributed by atoms with Crippen molar-refractivity contribution >= 4 is 5.69 Å². The highest BCUT2D eigenvalue weighted by atomic mass is 16.7. The van der Waals surface area contributed by atoms with E-state index >= 15 is 0 Å². The highest BCUT2D eigenvalue weighted by Gasteiger charge is 2.15. The lowest BCUT2D eigenvalue weighted by Crippen LogP contribution is -2.33. The van der Waals surface area contributed by atoms with Crippen molar-refractivity contribution in [1.82, 2.24) is 9.78 Å². The maximum Gasteiger partial charge on any atom is 0.268 e. The van der Waals surface area contributed by atoms with E-state index in [0.717, 1.165) is 38.4 Å². The lowest BCUT2D eigenvalue weighted by Gasteiger charge is -2.28. The fraction of sp³-hybridized carbons (Fsp3) is 0.733. The zero-order chi connectivity index (χ0) is 14.5. The Morgan fingerprint density at radius 1 is 1.14 bits per heavy atom. The minimum Gasteiger partial charge on any atom is -0.370 e. The molecule has 0 aromatic carbocycles. The van der Waals surface area contributed by atoms with Crippen molar-refractivity contribution in [3.05, 3.63) is 22.6 Å². The van der Waals surface area contributed by atoms with E-state index in [0.29, 0.717) is 13.0 Å². The van der Waals surface area contributed by atoms with Gasteiger partial charge in [0.25, 0.3) is 5.56 Å². The number of hydrogen-bond acceptors (Lipinski definition) is 5. The van der Waals surface area contributed by atoms with E-state index in [1.54, 1.807) is 12.3 Å². The lowest BCUT2D eigenvalue weighted by atomic mass is 10.1. The third-order valence-corrected chi connectivity index (χ3v) is 4.05. The maximum atomic E-state index is 12.1. The summed E-state index contributed by atoms with van der Waals surface area (Å²) in [7, 11) is 0. The minimum absolute atomic E-state index is 0.0473. The minimum atomic E-state index is -0.200. The molecule has 3 heterocycles. The largest absolute Gasteiger partial charge is 0.370 e. The van der Waals surface area contributed by atoms with Crippen molar-refractivity contribution < 1.29 is 9.47 Å². The van der Waals surface area contributed by atoms with Crippen LogP contribution in [-0.4, -0.2) is 42.4 Å². The summed E-state index contributed by atoms with van der Waals surface area (Å²) < 4.78 is 12.5. The Kier molecular flexibility index (Phi) is 4.87. The zero-order valence-corrected chi connectivity index (χ0v) is 12.4. The normalized spacial score (nSPS) is 20.7. The summed E-state index contributed by atoms with van der Waals surface area (Å²) in [5.41, 5.74) is 0.898. The van der Waals surface area contributed by atoms with E-state index in [2.05, 4.69) is 10.00 Å². The molecule has 6 heteroatoms. The van der Waals surface area contributed by atoms with Crippen molar-refractivity contribution in [3.8, 4) is 0 Å².